The predicted molar refractivity (Wildman–Crippen MR) is 143 cm³/mol. The summed E-state index contributed by atoms with van der Waals surface area (Å²) in [5.41, 5.74) is 8.84. The summed E-state index contributed by atoms with van der Waals surface area (Å²) in [6.45, 7) is 0. The Morgan fingerprint density at radius 2 is 2.05 bits per heavy atom. The minimum atomic E-state index is -0.364. The number of fused-ring (bicyclic) bond motifs is 1. The number of pyridine rings is 1. The summed E-state index contributed by atoms with van der Waals surface area (Å²) in [5.74, 6) is 0.0777. The van der Waals surface area contributed by atoms with Gasteiger partial charge in [0.2, 0.25) is 0 Å². The second-order valence-electron chi connectivity index (χ2n) is 8.98. The molecule has 0 spiro atoms. The maximum absolute atomic E-state index is 14.9. The van der Waals surface area contributed by atoms with E-state index in [9.17, 15) is 9.18 Å². The fourth-order valence-corrected chi connectivity index (χ4v) is 5.08. The van der Waals surface area contributed by atoms with Crippen molar-refractivity contribution in [3.8, 4) is 11.4 Å². The van der Waals surface area contributed by atoms with Crippen LogP contribution in [0, 0.1) is 11.2 Å². The van der Waals surface area contributed by atoms with E-state index >= 15 is 0 Å². The highest BCUT2D eigenvalue weighted by atomic mass is 35.5. The van der Waals surface area contributed by atoms with Crippen molar-refractivity contribution in [2.75, 3.05) is 0 Å². The van der Waals surface area contributed by atoms with Gasteiger partial charge in [-0.2, -0.15) is 0 Å². The van der Waals surface area contributed by atoms with Gasteiger partial charge in [0.05, 0.1) is 16.6 Å². The summed E-state index contributed by atoms with van der Waals surface area (Å²) >= 11 is 6.03. The fourth-order valence-electron chi connectivity index (χ4n) is 4.92. The van der Waals surface area contributed by atoms with Gasteiger partial charge in [0.1, 0.15) is 29.5 Å². The molecule has 10 heteroatoms. The lowest BCUT2D eigenvalue weighted by Gasteiger charge is -2.32. The average Bonchev–Trinajstić information content (AvgIpc) is 3.28. The van der Waals surface area contributed by atoms with Gasteiger partial charge in [-0.1, -0.05) is 23.7 Å². The van der Waals surface area contributed by atoms with E-state index in [1.807, 2.05) is 16.7 Å². The molecule has 37 heavy (non-hydrogen) atoms. The predicted octanol–water partition coefficient (Wildman–Crippen LogP) is 5.12. The van der Waals surface area contributed by atoms with E-state index in [0.29, 0.717) is 33.9 Å². The van der Waals surface area contributed by atoms with Gasteiger partial charge in [0, 0.05) is 28.9 Å². The van der Waals surface area contributed by atoms with E-state index in [1.54, 1.807) is 36.4 Å². The Morgan fingerprint density at radius 1 is 1.22 bits per heavy atom. The van der Waals surface area contributed by atoms with Crippen LogP contribution < -0.4 is 11.1 Å². The number of hydrogen-bond acceptors (Lipinski definition) is 4. The van der Waals surface area contributed by atoms with Crippen molar-refractivity contribution in [3.63, 3.8) is 0 Å². The number of aliphatic imine (C=N–C) groups is 1. The molecule has 2 atom stereocenters. The maximum atomic E-state index is 14.9. The molecule has 5 rings (SSSR count). The molecule has 1 aliphatic rings. The zero-order valence-electron chi connectivity index (χ0n) is 19.9. The summed E-state index contributed by atoms with van der Waals surface area (Å²) in [4.78, 5) is 25.6. The lowest BCUT2D eigenvalue weighted by molar-refractivity contribution is 0.0916. The van der Waals surface area contributed by atoms with Crippen LogP contribution in [-0.2, 0) is 0 Å². The first-order chi connectivity index (χ1) is 17.9. The first-order valence-corrected chi connectivity index (χ1v) is 12.3. The summed E-state index contributed by atoms with van der Waals surface area (Å²) in [6.07, 6.45) is 5.55. The monoisotopic (exact) mass is 517 g/mol. The number of nitrogens with one attached hydrogen (secondary N) is 2. The lowest BCUT2D eigenvalue weighted by Crippen LogP contribution is -2.39. The number of benzene rings is 2. The molecule has 1 amide bonds. The van der Waals surface area contributed by atoms with E-state index in [4.69, 9.17) is 27.7 Å². The summed E-state index contributed by atoms with van der Waals surface area (Å²) in [6, 6.07) is 15.0. The van der Waals surface area contributed by atoms with Gasteiger partial charge in [-0.3, -0.25) is 15.2 Å². The molecule has 0 radical (unpaired) electrons. The highest BCUT2D eigenvalue weighted by Gasteiger charge is 2.29. The van der Waals surface area contributed by atoms with Crippen LogP contribution in [0.4, 0.5) is 4.39 Å². The van der Waals surface area contributed by atoms with Gasteiger partial charge in [0.15, 0.2) is 0 Å². The van der Waals surface area contributed by atoms with Crippen molar-refractivity contribution in [3.05, 3.63) is 82.9 Å². The van der Waals surface area contributed by atoms with Crippen LogP contribution in [-0.4, -0.2) is 38.7 Å². The van der Waals surface area contributed by atoms with E-state index < -0.39 is 0 Å². The SMILES string of the molecule is N=CN=C(N)c1ccc2nc(-c3ccccc3F)n(C3CCCC(NC(=O)c4cc(Cl)ccn4)C3)c2c1. The number of nitrogens with two attached hydrogens (primary N) is 1. The molecule has 0 bridgehead atoms. The zero-order chi connectivity index (χ0) is 25.9. The van der Waals surface area contributed by atoms with Crippen LogP contribution in [0.3, 0.4) is 0 Å². The minimum absolute atomic E-state index is 0.0536. The number of carbonyl (C=O) groups excluding carboxylic acids is 1. The Kier molecular flexibility index (Phi) is 6.96. The van der Waals surface area contributed by atoms with Crippen molar-refractivity contribution >= 4 is 40.7 Å². The first kappa shape index (κ1) is 24.6. The number of amidine groups is 1. The molecule has 8 nitrogen and oxygen atoms in total. The Morgan fingerprint density at radius 3 is 2.84 bits per heavy atom. The van der Waals surface area contributed by atoms with Crippen LogP contribution in [0.2, 0.25) is 5.02 Å². The van der Waals surface area contributed by atoms with Gasteiger partial charge >= 0.3 is 0 Å². The molecule has 1 aliphatic carbocycles. The van der Waals surface area contributed by atoms with E-state index in [1.165, 1.54) is 12.3 Å². The van der Waals surface area contributed by atoms with Gasteiger partial charge in [0.25, 0.3) is 5.91 Å². The van der Waals surface area contributed by atoms with Crippen molar-refractivity contribution in [1.29, 1.82) is 5.41 Å². The molecule has 4 aromatic rings. The quantitative estimate of drug-likeness (QED) is 0.243. The summed E-state index contributed by atoms with van der Waals surface area (Å²) < 4.78 is 17.0. The molecule has 0 aliphatic heterocycles. The van der Waals surface area contributed by atoms with Crippen LogP contribution in [0.25, 0.3) is 22.4 Å². The second-order valence-corrected chi connectivity index (χ2v) is 9.42. The van der Waals surface area contributed by atoms with Crippen LogP contribution in [0.15, 0.2) is 65.8 Å². The third-order valence-electron chi connectivity index (χ3n) is 6.61. The summed E-state index contributed by atoms with van der Waals surface area (Å²) in [7, 11) is 0. The first-order valence-electron chi connectivity index (χ1n) is 12.0. The number of aromatic nitrogens is 3. The number of amides is 1. The Labute approximate surface area is 217 Å². The van der Waals surface area contributed by atoms with Gasteiger partial charge < -0.3 is 15.6 Å². The van der Waals surface area contributed by atoms with Crippen LogP contribution >= 0.6 is 11.6 Å². The molecule has 2 heterocycles. The average molecular weight is 518 g/mol. The molecular formula is C27H25ClFN7O. The van der Waals surface area contributed by atoms with E-state index in [2.05, 4.69) is 15.3 Å². The molecule has 1 fully saturated rings. The molecule has 2 aromatic heterocycles. The minimum Gasteiger partial charge on any atom is -0.383 e. The highest BCUT2D eigenvalue weighted by molar-refractivity contribution is 6.30. The van der Waals surface area contributed by atoms with Crippen LogP contribution in [0.5, 0.6) is 0 Å². The molecule has 1 saturated carbocycles. The number of hydrogen-bond donors (Lipinski definition) is 3. The van der Waals surface area contributed by atoms with Crippen molar-refractivity contribution in [2.45, 2.75) is 37.8 Å². The largest absolute Gasteiger partial charge is 0.383 e. The molecule has 4 N–H and O–H groups in total. The Balaban J connectivity index is 1.54. The third-order valence-corrected chi connectivity index (χ3v) is 6.84. The second kappa shape index (κ2) is 10.5. The van der Waals surface area contributed by atoms with Crippen LogP contribution in [0.1, 0.15) is 47.8 Å². The Bertz CT molecular complexity index is 1520. The lowest BCUT2D eigenvalue weighted by atomic mass is 9.90. The summed E-state index contributed by atoms with van der Waals surface area (Å²) in [5, 5.41) is 10.8. The highest BCUT2D eigenvalue weighted by Crippen LogP contribution is 2.37. The van der Waals surface area contributed by atoms with Gasteiger partial charge in [-0.25, -0.2) is 14.4 Å². The van der Waals surface area contributed by atoms with Crippen molar-refractivity contribution in [2.24, 2.45) is 10.7 Å². The zero-order valence-corrected chi connectivity index (χ0v) is 20.6. The number of halogens is 2. The fraction of sp³-hybridized carbons (Fsp3) is 0.222. The number of nitrogens with zero attached hydrogens (tertiary/aromatic N) is 4. The maximum Gasteiger partial charge on any atom is 0.270 e. The number of imidazole rings is 1. The van der Waals surface area contributed by atoms with Crippen molar-refractivity contribution in [1.82, 2.24) is 19.9 Å². The number of carbonyl (C=O) groups is 1. The molecule has 2 aromatic carbocycles. The normalized spacial score (nSPS) is 18.1. The topological polar surface area (TPSA) is 122 Å². The third kappa shape index (κ3) is 5.08. The van der Waals surface area contributed by atoms with Gasteiger partial charge in [-0.15, -0.1) is 0 Å². The molecule has 0 saturated heterocycles. The van der Waals surface area contributed by atoms with E-state index in [-0.39, 0.29) is 35.3 Å². The standard InChI is InChI=1S/C27H25ClFN7O/c28-17-10-11-32-23(13-17)27(37)34-18-4-3-5-19(14-18)36-24-12-16(25(31)33-15-30)8-9-22(24)35-26(36)20-6-1-2-7-21(20)29/h1-2,6-13,15,18-19H,3-5,14H2,(H,34,37)(H3,30,31,33). The van der Waals surface area contributed by atoms with E-state index in [0.717, 1.165) is 31.1 Å². The van der Waals surface area contributed by atoms with Crippen molar-refractivity contribution < 1.29 is 9.18 Å². The smallest absolute Gasteiger partial charge is 0.270 e. The van der Waals surface area contributed by atoms with Gasteiger partial charge in [-0.05, 0) is 68.1 Å². The molecular weight excluding hydrogens is 493 g/mol. The number of rotatable bonds is 6. The Hall–Kier alpha value is -4.11. The molecule has 188 valence electrons. The molecule has 2 unspecified atom stereocenters.